The molecule has 1 aromatic rings. The molecule has 19 heavy (non-hydrogen) atoms. The molecule has 2 atom stereocenters. The summed E-state index contributed by atoms with van der Waals surface area (Å²) < 4.78 is 4.98. The van der Waals surface area contributed by atoms with Crippen molar-refractivity contribution in [2.75, 3.05) is 13.7 Å². The monoisotopic (exact) mass is 283 g/mol. The molecule has 0 bridgehead atoms. The Labute approximate surface area is 120 Å². The Hall–Kier alpha value is -1.06. The van der Waals surface area contributed by atoms with E-state index in [9.17, 15) is 4.79 Å². The highest BCUT2D eigenvalue weighted by Crippen LogP contribution is 2.24. The molecule has 0 aliphatic carbocycles. The molecule has 3 nitrogen and oxygen atoms in total. The van der Waals surface area contributed by atoms with Crippen molar-refractivity contribution in [1.29, 1.82) is 0 Å². The van der Waals surface area contributed by atoms with Gasteiger partial charge >= 0.3 is 5.97 Å². The van der Waals surface area contributed by atoms with E-state index in [-0.39, 0.29) is 18.1 Å². The van der Waals surface area contributed by atoms with E-state index >= 15 is 0 Å². The fraction of sp³-hybridized carbons (Fsp3) is 0.533. The number of carbonyl (C=O) groups excluding carboxylic acids is 1. The molecule has 106 valence electrons. The SMILES string of the molecule is CCOC(=O)CC(C)N(C)C(C)c1cccc(Cl)c1. The molecule has 0 saturated carbocycles. The van der Waals surface area contributed by atoms with Crippen molar-refractivity contribution >= 4 is 17.6 Å². The Morgan fingerprint density at radius 2 is 2.11 bits per heavy atom. The number of ether oxygens (including phenoxy) is 1. The van der Waals surface area contributed by atoms with Gasteiger partial charge in [0.1, 0.15) is 0 Å². The summed E-state index contributed by atoms with van der Waals surface area (Å²) in [5.74, 6) is -0.153. The standard InChI is InChI=1S/C15H22ClNO2/c1-5-19-15(18)9-11(2)17(4)12(3)13-7-6-8-14(16)10-13/h6-8,10-12H,5,9H2,1-4H3. The molecule has 0 aliphatic rings. The van der Waals surface area contributed by atoms with Crippen LogP contribution in [-0.2, 0) is 9.53 Å². The summed E-state index contributed by atoms with van der Waals surface area (Å²) >= 11 is 6.01. The average Bonchev–Trinajstić information content (AvgIpc) is 2.37. The van der Waals surface area contributed by atoms with Crippen LogP contribution in [0.3, 0.4) is 0 Å². The maximum absolute atomic E-state index is 11.5. The number of benzene rings is 1. The lowest BCUT2D eigenvalue weighted by molar-refractivity contribution is -0.144. The van der Waals surface area contributed by atoms with Gasteiger partial charge in [0.2, 0.25) is 0 Å². The van der Waals surface area contributed by atoms with Crippen LogP contribution >= 0.6 is 11.6 Å². The minimum absolute atomic E-state index is 0.119. The molecule has 0 heterocycles. The maximum atomic E-state index is 11.5. The largest absolute Gasteiger partial charge is 0.466 e. The summed E-state index contributed by atoms with van der Waals surface area (Å²) in [6, 6.07) is 8.12. The lowest BCUT2D eigenvalue weighted by atomic mass is 10.0. The minimum Gasteiger partial charge on any atom is -0.466 e. The number of rotatable bonds is 6. The highest BCUT2D eigenvalue weighted by Gasteiger charge is 2.20. The van der Waals surface area contributed by atoms with Gasteiger partial charge in [0.25, 0.3) is 0 Å². The number of hydrogen-bond acceptors (Lipinski definition) is 3. The van der Waals surface area contributed by atoms with E-state index in [0.29, 0.717) is 13.0 Å². The van der Waals surface area contributed by atoms with E-state index in [4.69, 9.17) is 16.3 Å². The van der Waals surface area contributed by atoms with Gasteiger partial charge in [-0.25, -0.2) is 0 Å². The first kappa shape index (κ1) is 16.0. The van der Waals surface area contributed by atoms with E-state index in [0.717, 1.165) is 10.6 Å². The zero-order valence-electron chi connectivity index (χ0n) is 12.0. The van der Waals surface area contributed by atoms with Crippen molar-refractivity contribution in [3.05, 3.63) is 34.9 Å². The normalized spacial score (nSPS) is 14.2. The van der Waals surface area contributed by atoms with Crippen LogP contribution in [-0.4, -0.2) is 30.6 Å². The van der Waals surface area contributed by atoms with Crippen molar-refractivity contribution in [1.82, 2.24) is 4.90 Å². The van der Waals surface area contributed by atoms with Gasteiger partial charge in [0.05, 0.1) is 13.0 Å². The van der Waals surface area contributed by atoms with Crippen LogP contribution in [0.2, 0.25) is 5.02 Å². The smallest absolute Gasteiger partial charge is 0.307 e. The van der Waals surface area contributed by atoms with E-state index in [2.05, 4.69) is 11.8 Å². The Morgan fingerprint density at radius 1 is 1.42 bits per heavy atom. The number of halogens is 1. The Morgan fingerprint density at radius 3 is 2.68 bits per heavy atom. The minimum atomic E-state index is -0.153. The second kappa shape index (κ2) is 7.51. The molecule has 0 spiro atoms. The van der Waals surface area contributed by atoms with Gasteiger partial charge in [-0.3, -0.25) is 9.69 Å². The third kappa shape index (κ3) is 4.84. The average molecular weight is 284 g/mol. The van der Waals surface area contributed by atoms with Crippen LogP contribution in [0.5, 0.6) is 0 Å². The van der Waals surface area contributed by atoms with Crippen molar-refractivity contribution in [3.63, 3.8) is 0 Å². The van der Waals surface area contributed by atoms with Crippen LogP contribution in [0.25, 0.3) is 0 Å². The van der Waals surface area contributed by atoms with Gasteiger partial charge in [-0.15, -0.1) is 0 Å². The molecule has 0 aromatic heterocycles. The zero-order valence-corrected chi connectivity index (χ0v) is 12.8. The summed E-state index contributed by atoms with van der Waals surface area (Å²) in [5, 5.41) is 0.732. The van der Waals surface area contributed by atoms with E-state index in [1.807, 2.05) is 45.2 Å². The molecule has 2 unspecified atom stereocenters. The first-order valence-corrected chi connectivity index (χ1v) is 6.96. The fourth-order valence-corrected chi connectivity index (χ4v) is 2.19. The van der Waals surface area contributed by atoms with Crippen LogP contribution in [0.4, 0.5) is 0 Å². The molecule has 0 aliphatic heterocycles. The van der Waals surface area contributed by atoms with Crippen LogP contribution in [0, 0.1) is 0 Å². The number of nitrogens with zero attached hydrogens (tertiary/aromatic N) is 1. The van der Waals surface area contributed by atoms with Gasteiger partial charge in [0.15, 0.2) is 0 Å². The van der Waals surface area contributed by atoms with Crippen LogP contribution < -0.4 is 0 Å². The maximum Gasteiger partial charge on any atom is 0.307 e. The number of esters is 1. The van der Waals surface area contributed by atoms with Crippen molar-refractivity contribution in [2.45, 2.75) is 39.3 Å². The molecule has 0 amide bonds. The Balaban J connectivity index is 2.65. The van der Waals surface area contributed by atoms with E-state index < -0.39 is 0 Å². The predicted molar refractivity (Wildman–Crippen MR) is 78.3 cm³/mol. The molecule has 0 fully saturated rings. The number of carbonyl (C=O) groups is 1. The van der Waals surface area contributed by atoms with Crippen molar-refractivity contribution < 1.29 is 9.53 Å². The second-order valence-corrected chi connectivity index (χ2v) is 5.19. The van der Waals surface area contributed by atoms with E-state index in [1.54, 1.807) is 0 Å². The Bertz CT molecular complexity index is 422. The van der Waals surface area contributed by atoms with E-state index in [1.165, 1.54) is 0 Å². The summed E-state index contributed by atoms with van der Waals surface area (Å²) in [6.07, 6.45) is 0.398. The highest BCUT2D eigenvalue weighted by atomic mass is 35.5. The lowest BCUT2D eigenvalue weighted by Gasteiger charge is -2.30. The van der Waals surface area contributed by atoms with Crippen molar-refractivity contribution in [2.24, 2.45) is 0 Å². The van der Waals surface area contributed by atoms with Crippen LogP contribution in [0.1, 0.15) is 38.8 Å². The molecule has 1 rings (SSSR count). The molecular weight excluding hydrogens is 262 g/mol. The quantitative estimate of drug-likeness (QED) is 0.746. The van der Waals surface area contributed by atoms with Gasteiger partial charge in [-0.2, -0.15) is 0 Å². The fourth-order valence-electron chi connectivity index (χ4n) is 1.99. The van der Waals surface area contributed by atoms with Gasteiger partial charge in [-0.05, 0) is 45.5 Å². The highest BCUT2D eigenvalue weighted by molar-refractivity contribution is 6.30. The van der Waals surface area contributed by atoms with Gasteiger partial charge in [0, 0.05) is 17.1 Å². The van der Waals surface area contributed by atoms with Crippen LogP contribution in [0.15, 0.2) is 24.3 Å². The van der Waals surface area contributed by atoms with Gasteiger partial charge in [-0.1, -0.05) is 23.7 Å². The second-order valence-electron chi connectivity index (χ2n) is 4.75. The molecule has 0 saturated heterocycles. The molecule has 0 N–H and O–H groups in total. The topological polar surface area (TPSA) is 29.5 Å². The van der Waals surface area contributed by atoms with Crippen molar-refractivity contribution in [3.8, 4) is 0 Å². The third-order valence-corrected chi connectivity index (χ3v) is 3.64. The lowest BCUT2D eigenvalue weighted by Crippen LogP contribution is -2.33. The van der Waals surface area contributed by atoms with Gasteiger partial charge < -0.3 is 4.74 Å². The molecule has 4 heteroatoms. The number of hydrogen-bond donors (Lipinski definition) is 0. The molecule has 1 aromatic carbocycles. The summed E-state index contributed by atoms with van der Waals surface area (Å²) in [7, 11) is 2.01. The summed E-state index contributed by atoms with van der Waals surface area (Å²) in [4.78, 5) is 13.7. The first-order valence-electron chi connectivity index (χ1n) is 6.58. The molecular formula is C15H22ClNO2. The summed E-state index contributed by atoms with van der Waals surface area (Å²) in [6.45, 7) is 6.38. The summed E-state index contributed by atoms with van der Waals surface area (Å²) in [5.41, 5.74) is 1.14. The first-order chi connectivity index (χ1) is 8.95. The zero-order chi connectivity index (χ0) is 14.4. The molecule has 0 radical (unpaired) electrons. The Kier molecular flexibility index (Phi) is 6.32. The third-order valence-electron chi connectivity index (χ3n) is 3.40. The predicted octanol–water partition coefficient (Wildman–Crippen LogP) is 3.67.